The average Bonchev–Trinajstić information content (AvgIpc) is 2.77. The first kappa shape index (κ1) is 14.8. The summed E-state index contributed by atoms with van der Waals surface area (Å²) >= 11 is 9.09. The third-order valence-corrected chi connectivity index (χ3v) is 6.33. The molecule has 19 heavy (non-hydrogen) atoms. The van der Waals surface area contributed by atoms with Crippen LogP contribution in [0, 0.1) is 0 Å². The predicted molar refractivity (Wildman–Crippen MR) is 73.7 cm³/mol. The van der Waals surface area contributed by atoms with Gasteiger partial charge in [-0.2, -0.15) is 4.31 Å². The lowest BCUT2D eigenvalue weighted by Crippen LogP contribution is -2.40. The molecule has 2 rings (SSSR count). The number of hydrogen-bond acceptors (Lipinski definition) is 3. The van der Waals surface area contributed by atoms with E-state index in [1.165, 1.54) is 6.07 Å². The Bertz CT molecular complexity index is 599. The van der Waals surface area contributed by atoms with Crippen LogP contribution in [0.3, 0.4) is 0 Å². The summed E-state index contributed by atoms with van der Waals surface area (Å²) in [6.45, 7) is 0.191. The molecule has 1 aromatic carbocycles. The lowest BCUT2D eigenvalue weighted by molar-refractivity contribution is -0.140. The van der Waals surface area contributed by atoms with Gasteiger partial charge in [0.1, 0.15) is 10.9 Å². The molecule has 1 heterocycles. The molecule has 8 heteroatoms. The summed E-state index contributed by atoms with van der Waals surface area (Å²) in [5, 5.41) is 9.16. The van der Waals surface area contributed by atoms with Crippen molar-refractivity contribution in [2.45, 2.75) is 23.8 Å². The summed E-state index contributed by atoms with van der Waals surface area (Å²) in [5.74, 6) is -1.13. The predicted octanol–water partition coefficient (Wildman–Crippen LogP) is 2.34. The standard InChI is InChI=1S/C11H11BrClNO4S/c12-7-3-1-4-8(13)10(7)19(17,18)14-6-2-5-9(14)11(15)16/h1,3-4,9H,2,5-6H2,(H,15,16)/t9-/m1/s1. The molecule has 0 saturated carbocycles. The first-order valence-electron chi connectivity index (χ1n) is 5.54. The Balaban J connectivity index is 2.51. The molecule has 1 saturated heterocycles. The van der Waals surface area contributed by atoms with E-state index in [1.807, 2.05) is 0 Å². The maximum absolute atomic E-state index is 12.5. The second-order valence-electron chi connectivity index (χ2n) is 4.16. The number of sulfonamides is 1. The first-order chi connectivity index (χ1) is 8.85. The van der Waals surface area contributed by atoms with Crippen molar-refractivity contribution in [1.82, 2.24) is 4.31 Å². The minimum atomic E-state index is -3.92. The summed E-state index contributed by atoms with van der Waals surface area (Å²) in [7, 11) is -3.92. The highest BCUT2D eigenvalue weighted by Crippen LogP contribution is 2.34. The zero-order valence-electron chi connectivity index (χ0n) is 9.71. The van der Waals surface area contributed by atoms with Crippen LogP contribution in [-0.4, -0.2) is 36.4 Å². The Hall–Kier alpha value is -0.630. The van der Waals surface area contributed by atoms with Crippen LogP contribution in [0.1, 0.15) is 12.8 Å². The number of carboxylic acids is 1. The highest BCUT2D eigenvalue weighted by atomic mass is 79.9. The monoisotopic (exact) mass is 367 g/mol. The Morgan fingerprint density at radius 1 is 1.47 bits per heavy atom. The quantitative estimate of drug-likeness (QED) is 0.888. The SMILES string of the molecule is O=C(O)[C@H]1CCCN1S(=O)(=O)c1c(Cl)cccc1Br. The fourth-order valence-electron chi connectivity index (χ4n) is 2.12. The fraction of sp³-hybridized carbons (Fsp3) is 0.364. The largest absolute Gasteiger partial charge is 0.480 e. The third-order valence-electron chi connectivity index (χ3n) is 2.97. The zero-order chi connectivity index (χ0) is 14.2. The number of rotatable bonds is 3. The van der Waals surface area contributed by atoms with E-state index in [0.717, 1.165) is 4.31 Å². The van der Waals surface area contributed by atoms with E-state index in [0.29, 0.717) is 17.3 Å². The van der Waals surface area contributed by atoms with Gasteiger partial charge in [0, 0.05) is 11.0 Å². The normalized spacial score (nSPS) is 20.6. The highest BCUT2D eigenvalue weighted by molar-refractivity contribution is 9.10. The third kappa shape index (κ3) is 2.65. The Kier molecular flexibility index (Phi) is 4.20. The van der Waals surface area contributed by atoms with Gasteiger partial charge in [-0.05, 0) is 40.9 Å². The summed E-state index contributed by atoms with van der Waals surface area (Å²) < 4.78 is 26.4. The van der Waals surface area contributed by atoms with Crippen LogP contribution in [0.5, 0.6) is 0 Å². The number of benzene rings is 1. The van der Waals surface area contributed by atoms with Gasteiger partial charge in [0.05, 0.1) is 5.02 Å². The maximum atomic E-state index is 12.5. The van der Waals surface area contributed by atoms with Gasteiger partial charge in [-0.25, -0.2) is 8.42 Å². The van der Waals surface area contributed by atoms with E-state index in [-0.39, 0.29) is 16.5 Å². The minimum absolute atomic E-state index is 0.0745. The number of nitrogens with zero attached hydrogens (tertiary/aromatic N) is 1. The van der Waals surface area contributed by atoms with Crippen molar-refractivity contribution < 1.29 is 18.3 Å². The van der Waals surface area contributed by atoms with Crippen molar-refractivity contribution in [2.75, 3.05) is 6.54 Å². The van der Waals surface area contributed by atoms with Gasteiger partial charge in [0.15, 0.2) is 0 Å². The lowest BCUT2D eigenvalue weighted by atomic mass is 10.2. The Morgan fingerprint density at radius 3 is 2.74 bits per heavy atom. The Labute approximate surface area is 124 Å². The van der Waals surface area contributed by atoms with E-state index in [1.54, 1.807) is 12.1 Å². The van der Waals surface area contributed by atoms with Crippen molar-refractivity contribution in [1.29, 1.82) is 0 Å². The second kappa shape index (κ2) is 5.40. The number of aliphatic carboxylic acids is 1. The molecule has 0 aliphatic carbocycles. The molecular weight excluding hydrogens is 358 g/mol. The molecule has 0 radical (unpaired) electrons. The van der Waals surface area contributed by atoms with Crippen LogP contribution >= 0.6 is 27.5 Å². The van der Waals surface area contributed by atoms with Gasteiger partial charge in [0.2, 0.25) is 10.0 Å². The van der Waals surface area contributed by atoms with E-state index in [2.05, 4.69) is 15.9 Å². The molecular formula is C11H11BrClNO4S. The van der Waals surface area contributed by atoms with Crippen molar-refractivity contribution in [3.8, 4) is 0 Å². The van der Waals surface area contributed by atoms with E-state index >= 15 is 0 Å². The highest BCUT2D eigenvalue weighted by Gasteiger charge is 2.40. The van der Waals surface area contributed by atoms with Crippen molar-refractivity contribution in [3.63, 3.8) is 0 Å². The van der Waals surface area contributed by atoms with Crippen LogP contribution in [0.4, 0.5) is 0 Å². The summed E-state index contributed by atoms with van der Waals surface area (Å²) in [5.41, 5.74) is 0. The molecule has 0 spiro atoms. The van der Waals surface area contributed by atoms with Gasteiger partial charge < -0.3 is 5.11 Å². The molecule has 1 aliphatic heterocycles. The zero-order valence-corrected chi connectivity index (χ0v) is 12.9. The van der Waals surface area contributed by atoms with Gasteiger partial charge in [-0.15, -0.1) is 0 Å². The molecule has 1 fully saturated rings. The molecule has 0 bridgehead atoms. The first-order valence-corrected chi connectivity index (χ1v) is 8.15. The van der Waals surface area contributed by atoms with Crippen molar-refractivity contribution >= 4 is 43.5 Å². The van der Waals surface area contributed by atoms with E-state index in [4.69, 9.17) is 16.7 Å². The second-order valence-corrected chi connectivity index (χ2v) is 7.25. The summed E-state index contributed by atoms with van der Waals surface area (Å²) in [6, 6.07) is 3.62. The minimum Gasteiger partial charge on any atom is -0.480 e. The van der Waals surface area contributed by atoms with Gasteiger partial charge in [-0.3, -0.25) is 4.79 Å². The number of carbonyl (C=O) groups is 1. The smallest absolute Gasteiger partial charge is 0.322 e. The van der Waals surface area contributed by atoms with Gasteiger partial charge >= 0.3 is 5.97 Å². The molecule has 5 nitrogen and oxygen atoms in total. The van der Waals surface area contributed by atoms with Crippen LogP contribution in [0.25, 0.3) is 0 Å². The molecule has 1 aromatic rings. The van der Waals surface area contributed by atoms with Gasteiger partial charge in [-0.1, -0.05) is 17.7 Å². The molecule has 1 atom stereocenters. The molecule has 0 unspecified atom stereocenters. The molecule has 104 valence electrons. The molecule has 0 amide bonds. The van der Waals surface area contributed by atoms with Crippen molar-refractivity contribution in [2.24, 2.45) is 0 Å². The summed E-state index contributed by atoms with van der Waals surface area (Å²) in [6.07, 6.45) is 0.842. The van der Waals surface area contributed by atoms with E-state index < -0.39 is 22.0 Å². The van der Waals surface area contributed by atoms with E-state index in [9.17, 15) is 13.2 Å². The van der Waals surface area contributed by atoms with Crippen LogP contribution in [-0.2, 0) is 14.8 Å². The maximum Gasteiger partial charge on any atom is 0.322 e. The molecule has 0 aromatic heterocycles. The fourth-order valence-corrected chi connectivity index (χ4v) is 5.45. The average molecular weight is 369 g/mol. The Morgan fingerprint density at radius 2 is 2.16 bits per heavy atom. The summed E-state index contributed by atoms with van der Waals surface area (Å²) in [4.78, 5) is 11.0. The topological polar surface area (TPSA) is 74.7 Å². The number of halogens is 2. The number of carboxylic acid groups (broad SMARTS) is 1. The lowest BCUT2D eigenvalue weighted by Gasteiger charge is -2.22. The number of hydrogen-bond donors (Lipinski definition) is 1. The van der Waals surface area contributed by atoms with Crippen molar-refractivity contribution in [3.05, 3.63) is 27.7 Å². The molecule has 1 aliphatic rings. The van der Waals surface area contributed by atoms with Gasteiger partial charge in [0.25, 0.3) is 0 Å². The van der Waals surface area contributed by atoms with Crippen LogP contribution < -0.4 is 0 Å². The van der Waals surface area contributed by atoms with Crippen LogP contribution in [0.15, 0.2) is 27.6 Å². The molecule has 1 N–H and O–H groups in total. The van der Waals surface area contributed by atoms with Crippen LogP contribution in [0.2, 0.25) is 5.02 Å².